The maximum absolute atomic E-state index is 6.26. The van der Waals surface area contributed by atoms with Crippen LogP contribution in [0.3, 0.4) is 0 Å². The van der Waals surface area contributed by atoms with Gasteiger partial charge in [-0.3, -0.25) is 0 Å². The van der Waals surface area contributed by atoms with Crippen LogP contribution in [0.2, 0.25) is 5.02 Å². The van der Waals surface area contributed by atoms with Gasteiger partial charge in [0.15, 0.2) is 0 Å². The Hall–Kier alpha value is -1.31. The SMILES string of the molecule is CCNC(CCCc1ccccc1)c1cccc(Cl)c1C. The monoisotopic (exact) mass is 301 g/mol. The van der Waals surface area contributed by atoms with Crippen LogP contribution in [-0.2, 0) is 6.42 Å². The summed E-state index contributed by atoms with van der Waals surface area (Å²) in [5, 5.41) is 4.45. The van der Waals surface area contributed by atoms with Crippen LogP contribution < -0.4 is 5.32 Å². The van der Waals surface area contributed by atoms with Crippen LogP contribution >= 0.6 is 11.6 Å². The van der Waals surface area contributed by atoms with E-state index in [0.717, 1.165) is 24.4 Å². The van der Waals surface area contributed by atoms with Gasteiger partial charge in [0.25, 0.3) is 0 Å². The first-order chi connectivity index (χ1) is 10.2. The third-order valence-electron chi connectivity index (χ3n) is 3.94. The number of hydrogen-bond donors (Lipinski definition) is 1. The lowest BCUT2D eigenvalue weighted by atomic mass is 9.95. The highest BCUT2D eigenvalue weighted by Crippen LogP contribution is 2.27. The summed E-state index contributed by atoms with van der Waals surface area (Å²) in [6.07, 6.45) is 3.43. The van der Waals surface area contributed by atoms with Crippen molar-refractivity contribution >= 4 is 11.6 Å². The number of nitrogens with one attached hydrogen (secondary N) is 1. The Labute approximate surface area is 133 Å². The highest BCUT2D eigenvalue weighted by molar-refractivity contribution is 6.31. The van der Waals surface area contributed by atoms with Gasteiger partial charge >= 0.3 is 0 Å². The molecule has 2 rings (SSSR count). The second-order valence-electron chi connectivity index (χ2n) is 5.44. The number of hydrogen-bond acceptors (Lipinski definition) is 1. The standard InChI is InChI=1S/C19H24ClN/c1-3-21-19(17-12-8-13-18(20)15(17)2)14-7-11-16-9-5-4-6-10-16/h4-6,8-10,12-13,19,21H,3,7,11,14H2,1-2H3. The third-order valence-corrected chi connectivity index (χ3v) is 4.35. The summed E-state index contributed by atoms with van der Waals surface area (Å²) in [7, 11) is 0. The van der Waals surface area contributed by atoms with E-state index in [1.807, 2.05) is 12.1 Å². The van der Waals surface area contributed by atoms with Gasteiger partial charge in [-0.05, 0) is 55.5 Å². The molecular weight excluding hydrogens is 278 g/mol. The van der Waals surface area contributed by atoms with E-state index in [2.05, 4.69) is 55.6 Å². The van der Waals surface area contributed by atoms with Gasteiger partial charge in [-0.25, -0.2) is 0 Å². The summed E-state index contributed by atoms with van der Waals surface area (Å²) in [6, 6.07) is 17.3. The number of aryl methyl sites for hydroxylation is 1. The fraction of sp³-hybridized carbons (Fsp3) is 0.368. The summed E-state index contributed by atoms with van der Waals surface area (Å²) in [6.45, 7) is 5.24. The minimum atomic E-state index is 0.386. The summed E-state index contributed by atoms with van der Waals surface area (Å²) in [5.74, 6) is 0. The fourth-order valence-electron chi connectivity index (χ4n) is 2.77. The second kappa shape index (κ2) is 8.21. The van der Waals surface area contributed by atoms with Crippen LogP contribution in [0.25, 0.3) is 0 Å². The molecule has 1 nitrogen and oxygen atoms in total. The molecule has 0 aliphatic heterocycles. The van der Waals surface area contributed by atoms with E-state index in [1.54, 1.807) is 0 Å². The van der Waals surface area contributed by atoms with E-state index in [1.165, 1.54) is 23.1 Å². The summed E-state index contributed by atoms with van der Waals surface area (Å²) >= 11 is 6.26. The normalized spacial score (nSPS) is 12.3. The van der Waals surface area contributed by atoms with Gasteiger partial charge in [-0.15, -0.1) is 0 Å². The Morgan fingerprint density at radius 3 is 2.52 bits per heavy atom. The molecule has 112 valence electrons. The fourth-order valence-corrected chi connectivity index (χ4v) is 2.95. The second-order valence-corrected chi connectivity index (χ2v) is 5.85. The molecular formula is C19H24ClN. The molecule has 0 fully saturated rings. The zero-order valence-corrected chi connectivity index (χ0v) is 13.7. The van der Waals surface area contributed by atoms with Crippen LogP contribution in [0.4, 0.5) is 0 Å². The van der Waals surface area contributed by atoms with Gasteiger partial charge in [0.2, 0.25) is 0 Å². The van der Waals surface area contributed by atoms with E-state index in [-0.39, 0.29) is 0 Å². The van der Waals surface area contributed by atoms with Crippen molar-refractivity contribution in [3.05, 3.63) is 70.2 Å². The molecule has 0 radical (unpaired) electrons. The molecule has 0 spiro atoms. The minimum absolute atomic E-state index is 0.386. The topological polar surface area (TPSA) is 12.0 Å². The average Bonchev–Trinajstić information content (AvgIpc) is 2.50. The van der Waals surface area contributed by atoms with Crippen LogP contribution in [0.1, 0.15) is 42.5 Å². The quantitative estimate of drug-likeness (QED) is 0.729. The molecule has 0 saturated heterocycles. The molecule has 2 heteroatoms. The number of benzene rings is 2. The smallest absolute Gasteiger partial charge is 0.0438 e. The maximum atomic E-state index is 6.26. The highest BCUT2D eigenvalue weighted by atomic mass is 35.5. The van der Waals surface area contributed by atoms with Crippen LogP contribution in [0.15, 0.2) is 48.5 Å². The van der Waals surface area contributed by atoms with Crippen molar-refractivity contribution in [3.8, 4) is 0 Å². The molecule has 0 bridgehead atoms. The van der Waals surface area contributed by atoms with Gasteiger partial charge in [0.05, 0.1) is 0 Å². The van der Waals surface area contributed by atoms with Crippen LogP contribution in [0, 0.1) is 6.92 Å². The van der Waals surface area contributed by atoms with Crippen molar-refractivity contribution in [2.45, 2.75) is 39.2 Å². The minimum Gasteiger partial charge on any atom is -0.310 e. The molecule has 1 atom stereocenters. The lowest BCUT2D eigenvalue weighted by molar-refractivity contribution is 0.496. The zero-order chi connectivity index (χ0) is 15.1. The van der Waals surface area contributed by atoms with Crippen LogP contribution in [-0.4, -0.2) is 6.54 Å². The Bertz CT molecular complexity index is 551. The summed E-state index contributed by atoms with van der Waals surface area (Å²) in [4.78, 5) is 0. The zero-order valence-electron chi connectivity index (χ0n) is 12.9. The molecule has 0 saturated carbocycles. The summed E-state index contributed by atoms with van der Waals surface area (Å²) < 4.78 is 0. The Kier molecular flexibility index (Phi) is 6.28. The lowest BCUT2D eigenvalue weighted by Crippen LogP contribution is -2.22. The van der Waals surface area contributed by atoms with Crippen molar-refractivity contribution in [3.63, 3.8) is 0 Å². The van der Waals surface area contributed by atoms with Crippen molar-refractivity contribution in [1.82, 2.24) is 5.32 Å². The van der Waals surface area contributed by atoms with Crippen LogP contribution in [0.5, 0.6) is 0 Å². The number of rotatable bonds is 7. The van der Waals surface area contributed by atoms with E-state index in [9.17, 15) is 0 Å². The molecule has 21 heavy (non-hydrogen) atoms. The molecule has 2 aromatic carbocycles. The Morgan fingerprint density at radius 2 is 1.81 bits per heavy atom. The van der Waals surface area contributed by atoms with Crippen molar-refractivity contribution in [1.29, 1.82) is 0 Å². The van der Waals surface area contributed by atoms with Crippen molar-refractivity contribution in [2.24, 2.45) is 0 Å². The van der Waals surface area contributed by atoms with E-state index in [4.69, 9.17) is 11.6 Å². The number of halogens is 1. The third kappa shape index (κ3) is 4.59. The first kappa shape index (κ1) is 16.1. The Morgan fingerprint density at radius 1 is 1.05 bits per heavy atom. The first-order valence-electron chi connectivity index (χ1n) is 7.74. The predicted octanol–water partition coefficient (Wildman–Crippen LogP) is 5.32. The molecule has 0 amide bonds. The molecule has 1 unspecified atom stereocenters. The molecule has 0 aromatic heterocycles. The van der Waals surface area contributed by atoms with E-state index in [0.29, 0.717) is 6.04 Å². The maximum Gasteiger partial charge on any atom is 0.0438 e. The largest absolute Gasteiger partial charge is 0.310 e. The Balaban J connectivity index is 2.00. The van der Waals surface area contributed by atoms with E-state index < -0.39 is 0 Å². The van der Waals surface area contributed by atoms with Gasteiger partial charge in [0.1, 0.15) is 0 Å². The molecule has 2 aromatic rings. The molecule has 0 aliphatic rings. The lowest BCUT2D eigenvalue weighted by Gasteiger charge is -2.21. The van der Waals surface area contributed by atoms with Gasteiger partial charge < -0.3 is 5.32 Å². The average molecular weight is 302 g/mol. The first-order valence-corrected chi connectivity index (χ1v) is 8.12. The van der Waals surface area contributed by atoms with Crippen molar-refractivity contribution in [2.75, 3.05) is 6.54 Å². The van der Waals surface area contributed by atoms with Gasteiger partial charge in [0, 0.05) is 11.1 Å². The highest BCUT2D eigenvalue weighted by Gasteiger charge is 2.13. The summed E-state index contributed by atoms with van der Waals surface area (Å²) in [5.41, 5.74) is 3.94. The molecule has 0 aliphatic carbocycles. The predicted molar refractivity (Wildman–Crippen MR) is 92.0 cm³/mol. The van der Waals surface area contributed by atoms with Crippen molar-refractivity contribution < 1.29 is 0 Å². The van der Waals surface area contributed by atoms with E-state index >= 15 is 0 Å². The molecule has 0 heterocycles. The molecule has 1 N–H and O–H groups in total. The van der Waals surface area contributed by atoms with Gasteiger partial charge in [-0.2, -0.15) is 0 Å². The van der Waals surface area contributed by atoms with Gasteiger partial charge in [-0.1, -0.05) is 61.0 Å².